The molecule has 1 unspecified atom stereocenters. The van der Waals surface area contributed by atoms with Crippen molar-refractivity contribution >= 4 is 5.91 Å². The molecule has 0 fully saturated rings. The number of amides is 1. The lowest BCUT2D eigenvalue weighted by molar-refractivity contribution is -0.121. The molecule has 116 valence electrons. The van der Waals surface area contributed by atoms with Gasteiger partial charge in [-0.25, -0.2) is 0 Å². The largest absolute Gasteiger partial charge is 0.496 e. The quantitative estimate of drug-likeness (QED) is 0.873. The maximum Gasteiger partial charge on any atom is 0.221 e. The van der Waals surface area contributed by atoms with Crippen molar-refractivity contribution in [3.05, 3.63) is 28.8 Å². The Kier molecular flexibility index (Phi) is 5.23. The number of fused-ring (bicyclic) bond motifs is 1. The molecule has 1 aliphatic rings. The third-order valence-corrected chi connectivity index (χ3v) is 4.43. The van der Waals surface area contributed by atoms with E-state index in [-0.39, 0.29) is 11.9 Å². The maximum atomic E-state index is 11.5. The van der Waals surface area contributed by atoms with Crippen LogP contribution in [0.2, 0.25) is 0 Å². The van der Waals surface area contributed by atoms with Crippen LogP contribution in [0.25, 0.3) is 0 Å². The molecule has 4 nitrogen and oxygen atoms in total. The number of hydrogen-bond acceptors (Lipinski definition) is 3. The third-order valence-electron chi connectivity index (χ3n) is 4.43. The van der Waals surface area contributed by atoms with Gasteiger partial charge in [0.05, 0.1) is 7.11 Å². The SMILES string of the molecule is CNC(=O)CC(C)N(C)Cc1cc2c(cc1OC)CCC2. The Bertz CT molecular complexity index is 514. The van der Waals surface area contributed by atoms with E-state index in [1.54, 1.807) is 14.2 Å². The lowest BCUT2D eigenvalue weighted by Gasteiger charge is -2.25. The van der Waals surface area contributed by atoms with Gasteiger partial charge in [-0.05, 0) is 50.4 Å². The minimum atomic E-state index is 0.0790. The molecule has 1 aliphatic carbocycles. The van der Waals surface area contributed by atoms with Crippen molar-refractivity contribution in [2.75, 3.05) is 21.2 Å². The number of rotatable bonds is 6. The second-order valence-electron chi connectivity index (χ2n) is 5.93. The molecule has 0 heterocycles. The molecule has 1 atom stereocenters. The Morgan fingerprint density at radius 3 is 2.67 bits per heavy atom. The minimum Gasteiger partial charge on any atom is -0.496 e. The van der Waals surface area contributed by atoms with Gasteiger partial charge < -0.3 is 10.1 Å². The van der Waals surface area contributed by atoms with Crippen LogP contribution in [0.1, 0.15) is 36.5 Å². The van der Waals surface area contributed by atoms with Crippen LogP contribution in [-0.4, -0.2) is 38.1 Å². The average molecular weight is 290 g/mol. The molecule has 4 heteroatoms. The number of carbonyl (C=O) groups excluding carboxylic acids is 1. The molecular weight excluding hydrogens is 264 g/mol. The number of nitrogens with one attached hydrogen (secondary N) is 1. The van der Waals surface area contributed by atoms with E-state index < -0.39 is 0 Å². The fraction of sp³-hybridized carbons (Fsp3) is 0.588. The molecule has 2 rings (SSSR count). The molecule has 0 saturated heterocycles. The summed E-state index contributed by atoms with van der Waals surface area (Å²) in [4.78, 5) is 13.7. The highest BCUT2D eigenvalue weighted by atomic mass is 16.5. The maximum absolute atomic E-state index is 11.5. The Morgan fingerprint density at radius 1 is 1.38 bits per heavy atom. The summed E-state index contributed by atoms with van der Waals surface area (Å²) in [7, 11) is 5.47. The van der Waals surface area contributed by atoms with Crippen molar-refractivity contribution in [1.29, 1.82) is 0 Å². The number of aryl methyl sites for hydroxylation is 2. The van der Waals surface area contributed by atoms with Crippen LogP contribution in [-0.2, 0) is 24.2 Å². The molecule has 0 aliphatic heterocycles. The van der Waals surface area contributed by atoms with E-state index >= 15 is 0 Å². The summed E-state index contributed by atoms with van der Waals surface area (Å²) in [5, 5.41) is 2.68. The van der Waals surface area contributed by atoms with Crippen LogP contribution < -0.4 is 10.1 Å². The van der Waals surface area contributed by atoms with E-state index in [0.29, 0.717) is 6.42 Å². The van der Waals surface area contributed by atoms with E-state index in [1.807, 2.05) is 0 Å². The van der Waals surface area contributed by atoms with Gasteiger partial charge in [-0.15, -0.1) is 0 Å². The topological polar surface area (TPSA) is 41.6 Å². The molecule has 0 saturated carbocycles. The van der Waals surface area contributed by atoms with Gasteiger partial charge in [0.1, 0.15) is 5.75 Å². The molecule has 1 amide bonds. The van der Waals surface area contributed by atoms with Crippen LogP contribution in [0.4, 0.5) is 0 Å². The van der Waals surface area contributed by atoms with Crippen LogP contribution >= 0.6 is 0 Å². The summed E-state index contributed by atoms with van der Waals surface area (Å²) in [6.07, 6.45) is 4.09. The third kappa shape index (κ3) is 3.76. The highest BCUT2D eigenvalue weighted by Crippen LogP contribution is 2.30. The average Bonchev–Trinajstić information content (AvgIpc) is 2.93. The molecule has 0 spiro atoms. The van der Waals surface area contributed by atoms with E-state index in [0.717, 1.165) is 18.7 Å². The zero-order valence-corrected chi connectivity index (χ0v) is 13.5. The predicted molar refractivity (Wildman–Crippen MR) is 84.6 cm³/mol. The number of nitrogens with zero attached hydrogens (tertiary/aromatic N) is 1. The first kappa shape index (κ1) is 15.8. The first-order chi connectivity index (χ1) is 10.0. The van der Waals surface area contributed by atoms with Crippen molar-refractivity contribution in [2.24, 2.45) is 0 Å². The summed E-state index contributed by atoms with van der Waals surface area (Å²) in [6.45, 7) is 2.88. The Morgan fingerprint density at radius 2 is 2.05 bits per heavy atom. The smallest absolute Gasteiger partial charge is 0.221 e. The Labute approximate surface area is 127 Å². The van der Waals surface area contributed by atoms with Crippen molar-refractivity contribution in [1.82, 2.24) is 10.2 Å². The molecule has 21 heavy (non-hydrogen) atoms. The number of benzene rings is 1. The van der Waals surface area contributed by atoms with Crippen LogP contribution in [0.15, 0.2) is 12.1 Å². The molecule has 1 aromatic rings. The monoisotopic (exact) mass is 290 g/mol. The van der Waals surface area contributed by atoms with Gasteiger partial charge in [-0.2, -0.15) is 0 Å². The Balaban J connectivity index is 2.09. The van der Waals surface area contributed by atoms with Gasteiger partial charge >= 0.3 is 0 Å². The van der Waals surface area contributed by atoms with Gasteiger partial charge in [0, 0.05) is 31.6 Å². The summed E-state index contributed by atoms with van der Waals surface area (Å²) in [6, 6.07) is 4.67. The standard InChI is InChI=1S/C17H26N2O2/c1-12(8-17(20)18-2)19(3)11-15-9-13-6-5-7-14(13)10-16(15)21-4/h9-10,12H,5-8,11H2,1-4H3,(H,18,20). The van der Waals surface area contributed by atoms with Crippen LogP contribution in [0.3, 0.4) is 0 Å². The van der Waals surface area contributed by atoms with Crippen molar-refractivity contribution in [3.8, 4) is 5.75 Å². The molecule has 0 bridgehead atoms. The van der Waals surface area contributed by atoms with Gasteiger partial charge in [0.25, 0.3) is 0 Å². The number of methoxy groups -OCH3 is 1. The van der Waals surface area contributed by atoms with Gasteiger partial charge in [0.15, 0.2) is 0 Å². The first-order valence-electron chi connectivity index (χ1n) is 7.64. The second-order valence-corrected chi connectivity index (χ2v) is 5.93. The number of hydrogen-bond donors (Lipinski definition) is 1. The van der Waals surface area contributed by atoms with Crippen LogP contribution in [0, 0.1) is 0 Å². The molecule has 1 N–H and O–H groups in total. The highest BCUT2D eigenvalue weighted by Gasteiger charge is 2.18. The summed E-state index contributed by atoms with van der Waals surface area (Å²) < 4.78 is 5.55. The lowest BCUT2D eigenvalue weighted by Crippen LogP contribution is -2.33. The van der Waals surface area contributed by atoms with Crippen molar-refractivity contribution in [3.63, 3.8) is 0 Å². The van der Waals surface area contributed by atoms with Crippen LogP contribution in [0.5, 0.6) is 5.75 Å². The minimum absolute atomic E-state index is 0.0790. The lowest BCUT2D eigenvalue weighted by atomic mass is 10.0. The molecule has 1 aromatic carbocycles. The van der Waals surface area contributed by atoms with Gasteiger partial charge in [0.2, 0.25) is 5.91 Å². The van der Waals surface area contributed by atoms with Crippen molar-refractivity contribution < 1.29 is 9.53 Å². The van der Waals surface area contributed by atoms with Gasteiger partial charge in [-0.3, -0.25) is 9.69 Å². The molecular formula is C17H26N2O2. The van der Waals surface area contributed by atoms with Crippen molar-refractivity contribution in [2.45, 2.75) is 45.2 Å². The van der Waals surface area contributed by atoms with E-state index in [1.165, 1.54) is 29.5 Å². The fourth-order valence-electron chi connectivity index (χ4n) is 2.92. The number of carbonyl (C=O) groups is 1. The predicted octanol–water partition coefficient (Wildman–Crippen LogP) is 2.14. The highest BCUT2D eigenvalue weighted by molar-refractivity contribution is 5.76. The molecule has 0 radical (unpaired) electrons. The normalized spacial score (nSPS) is 14.9. The summed E-state index contributed by atoms with van der Waals surface area (Å²) in [5.74, 6) is 1.05. The van der Waals surface area contributed by atoms with E-state index in [9.17, 15) is 4.79 Å². The van der Waals surface area contributed by atoms with E-state index in [2.05, 4.69) is 36.3 Å². The zero-order chi connectivity index (χ0) is 15.4. The molecule has 0 aromatic heterocycles. The zero-order valence-electron chi connectivity index (χ0n) is 13.5. The Hall–Kier alpha value is -1.55. The number of ether oxygens (including phenoxy) is 1. The summed E-state index contributed by atoms with van der Waals surface area (Å²) >= 11 is 0. The van der Waals surface area contributed by atoms with Gasteiger partial charge in [-0.1, -0.05) is 6.07 Å². The fourth-order valence-corrected chi connectivity index (χ4v) is 2.92. The summed E-state index contributed by atoms with van der Waals surface area (Å²) in [5.41, 5.74) is 4.10. The van der Waals surface area contributed by atoms with E-state index in [4.69, 9.17) is 4.74 Å². The second kappa shape index (κ2) is 6.94. The first-order valence-corrected chi connectivity index (χ1v) is 7.64.